The lowest BCUT2D eigenvalue weighted by molar-refractivity contribution is -0.138. The van der Waals surface area contributed by atoms with Gasteiger partial charge in [0.1, 0.15) is 0 Å². The number of nitrogens with zero attached hydrogens (tertiary/aromatic N) is 4. The number of alkyl halides is 3. The van der Waals surface area contributed by atoms with Crippen LogP contribution in [0.15, 0.2) is 30.5 Å². The van der Waals surface area contributed by atoms with Crippen molar-refractivity contribution < 1.29 is 22.8 Å². The van der Waals surface area contributed by atoms with Crippen molar-refractivity contribution in [1.29, 1.82) is 0 Å². The van der Waals surface area contributed by atoms with Gasteiger partial charge in [0.2, 0.25) is 11.9 Å². The molecule has 44 heavy (non-hydrogen) atoms. The monoisotopic (exact) mass is 614 g/mol. The Labute approximate surface area is 258 Å². The zero-order valence-electron chi connectivity index (χ0n) is 25.8. The molecule has 1 saturated heterocycles. The van der Waals surface area contributed by atoms with Crippen molar-refractivity contribution in [2.75, 3.05) is 39.0 Å². The quantitative estimate of drug-likeness (QED) is 0.357. The van der Waals surface area contributed by atoms with Gasteiger partial charge in [0.15, 0.2) is 0 Å². The summed E-state index contributed by atoms with van der Waals surface area (Å²) < 4.78 is 42.0. The molecule has 2 aromatic rings. The summed E-state index contributed by atoms with van der Waals surface area (Å²) in [6.07, 6.45) is 6.17. The molecule has 1 aliphatic heterocycles. The first-order chi connectivity index (χ1) is 21.1. The average molecular weight is 615 g/mol. The number of rotatable bonds is 9. The highest BCUT2D eigenvalue weighted by Gasteiger charge is 2.39. The largest absolute Gasteiger partial charge is 0.419 e. The summed E-state index contributed by atoms with van der Waals surface area (Å²) in [7, 11) is 3.91. The normalized spacial score (nSPS) is 22.1. The number of hydrogen-bond donors (Lipinski definition) is 2. The number of hydrogen-bond acceptors (Lipinski definition) is 6. The molecule has 8 nitrogen and oxygen atoms in total. The maximum atomic E-state index is 14.0. The predicted octanol–water partition coefficient (Wildman–Crippen LogP) is 6.06. The van der Waals surface area contributed by atoms with Gasteiger partial charge in [0.05, 0.1) is 11.3 Å². The Morgan fingerprint density at radius 3 is 2.36 bits per heavy atom. The molecule has 2 N–H and O–H groups in total. The summed E-state index contributed by atoms with van der Waals surface area (Å²) >= 11 is 0. The van der Waals surface area contributed by atoms with Crippen LogP contribution in [0, 0.1) is 17.8 Å². The van der Waals surface area contributed by atoms with Gasteiger partial charge in [-0.15, -0.1) is 0 Å². The molecule has 2 heterocycles. The van der Waals surface area contributed by atoms with E-state index in [1.807, 2.05) is 7.05 Å². The molecule has 1 aromatic heterocycles. The van der Waals surface area contributed by atoms with Crippen LogP contribution in [0.5, 0.6) is 0 Å². The van der Waals surface area contributed by atoms with Gasteiger partial charge in [-0.05, 0) is 101 Å². The molecule has 0 bridgehead atoms. The van der Waals surface area contributed by atoms with Crippen molar-refractivity contribution in [3.05, 3.63) is 47.3 Å². The molecule has 0 radical (unpaired) electrons. The number of aromatic nitrogens is 2. The lowest BCUT2D eigenvalue weighted by Crippen LogP contribution is -2.44. The fourth-order valence-electron chi connectivity index (χ4n) is 7.09. The second kappa shape index (κ2) is 14.3. The number of halogens is 3. The number of amides is 2. The highest BCUT2D eigenvalue weighted by atomic mass is 19.4. The summed E-state index contributed by atoms with van der Waals surface area (Å²) in [5.74, 6) is -0.0944. The molecule has 240 valence electrons. The minimum Gasteiger partial charge on any atom is -0.356 e. The number of carbonyl (C=O) groups is 2. The number of nitrogens with one attached hydrogen (secondary N) is 2. The number of likely N-dealkylation sites (tertiary alicyclic amines) is 1. The molecular weight excluding hydrogens is 569 g/mol. The van der Waals surface area contributed by atoms with E-state index in [4.69, 9.17) is 0 Å². The van der Waals surface area contributed by atoms with Crippen LogP contribution >= 0.6 is 0 Å². The Kier molecular flexibility index (Phi) is 10.4. The molecule has 0 unspecified atom stereocenters. The molecule has 3 fully saturated rings. The summed E-state index contributed by atoms with van der Waals surface area (Å²) in [5, 5.41) is 6.11. The van der Waals surface area contributed by atoms with Gasteiger partial charge in [-0.1, -0.05) is 25.7 Å². The Bertz CT molecular complexity index is 1270. The van der Waals surface area contributed by atoms with E-state index in [-0.39, 0.29) is 47.8 Å². The number of carbonyl (C=O) groups excluding carboxylic acids is 2. The van der Waals surface area contributed by atoms with E-state index in [1.165, 1.54) is 19.3 Å². The summed E-state index contributed by atoms with van der Waals surface area (Å²) in [5.41, 5.74) is 0.141. The van der Waals surface area contributed by atoms with Gasteiger partial charge in [-0.3, -0.25) is 9.59 Å². The topological polar surface area (TPSA) is 90.5 Å². The molecule has 1 aromatic carbocycles. The van der Waals surface area contributed by atoms with Crippen molar-refractivity contribution in [3.8, 4) is 0 Å². The molecule has 2 saturated carbocycles. The fraction of sp³-hybridized carbons (Fsp3) is 0.636. The van der Waals surface area contributed by atoms with Crippen molar-refractivity contribution in [1.82, 2.24) is 25.1 Å². The Morgan fingerprint density at radius 1 is 0.977 bits per heavy atom. The molecular formula is C33H45F3N6O2. The maximum absolute atomic E-state index is 14.0. The summed E-state index contributed by atoms with van der Waals surface area (Å²) in [6, 6.07) is 7.02. The first-order valence-electron chi connectivity index (χ1n) is 16.1. The van der Waals surface area contributed by atoms with Crippen molar-refractivity contribution >= 4 is 23.5 Å². The molecule has 5 rings (SSSR count). The Morgan fingerprint density at radius 2 is 1.68 bits per heavy atom. The fourth-order valence-corrected chi connectivity index (χ4v) is 7.09. The smallest absolute Gasteiger partial charge is 0.356 e. The third kappa shape index (κ3) is 8.08. The molecule has 2 aliphatic carbocycles. The predicted molar refractivity (Wildman–Crippen MR) is 163 cm³/mol. The number of anilines is 2. The number of benzene rings is 1. The molecule has 2 amide bonds. The highest BCUT2D eigenvalue weighted by molar-refractivity contribution is 5.94. The number of piperidine rings is 1. The SMILES string of the molecule is CN1CCC(N(C)C(=O)c2ccc(Nc3ncc(C(F)(F)F)c(C[C@@H]4CCC[C@@H]4C(=O)NCC4CCCCC4)n3)cc2)CC1. The van der Waals surface area contributed by atoms with Gasteiger partial charge in [-0.2, -0.15) is 13.2 Å². The lowest BCUT2D eigenvalue weighted by atomic mass is 9.88. The van der Waals surface area contributed by atoms with E-state index in [0.29, 0.717) is 36.6 Å². The van der Waals surface area contributed by atoms with E-state index in [1.54, 1.807) is 29.2 Å². The van der Waals surface area contributed by atoms with Gasteiger partial charge in [0.25, 0.3) is 5.91 Å². The van der Waals surface area contributed by atoms with Crippen LogP contribution in [0.25, 0.3) is 0 Å². The molecule has 11 heteroatoms. The van der Waals surface area contributed by atoms with Gasteiger partial charge < -0.3 is 20.4 Å². The van der Waals surface area contributed by atoms with Crippen LogP contribution in [0.3, 0.4) is 0 Å². The van der Waals surface area contributed by atoms with Crippen LogP contribution < -0.4 is 10.6 Å². The third-order valence-electron chi connectivity index (χ3n) is 9.86. The van der Waals surface area contributed by atoms with E-state index in [2.05, 4.69) is 32.5 Å². The van der Waals surface area contributed by atoms with Crippen LogP contribution in [0.4, 0.5) is 24.8 Å². The molecule has 0 spiro atoms. The second-order valence-corrected chi connectivity index (χ2v) is 13.0. The Balaban J connectivity index is 1.24. The van der Waals surface area contributed by atoms with Crippen LogP contribution in [0.2, 0.25) is 0 Å². The Hall–Kier alpha value is -3.21. The van der Waals surface area contributed by atoms with Crippen LogP contribution in [0.1, 0.15) is 85.8 Å². The van der Waals surface area contributed by atoms with Crippen molar-refractivity contribution in [3.63, 3.8) is 0 Å². The van der Waals surface area contributed by atoms with Crippen molar-refractivity contribution in [2.24, 2.45) is 17.8 Å². The third-order valence-corrected chi connectivity index (χ3v) is 9.86. The average Bonchev–Trinajstić information content (AvgIpc) is 3.48. The second-order valence-electron chi connectivity index (χ2n) is 13.0. The lowest BCUT2D eigenvalue weighted by Gasteiger charge is -2.35. The van der Waals surface area contributed by atoms with Crippen LogP contribution in [-0.2, 0) is 17.4 Å². The van der Waals surface area contributed by atoms with E-state index < -0.39 is 11.7 Å². The minimum atomic E-state index is -4.60. The van der Waals surface area contributed by atoms with Crippen LogP contribution in [-0.4, -0.2) is 71.4 Å². The zero-order chi connectivity index (χ0) is 31.3. The first-order valence-corrected chi connectivity index (χ1v) is 16.1. The van der Waals surface area contributed by atoms with E-state index >= 15 is 0 Å². The maximum Gasteiger partial charge on any atom is 0.419 e. The molecule has 3 aliphatic rings. The van der Waals surface area contributed by atoms with E-state index in [0.717, 1.165) is 51.4 Å². The summed E-state index contributed by atoms with van der Waals surface area (Å²) in [6.45, 7) is 2.56. The zero-order valence-corrected chi connectivity index (χ0v) is 25.8. The first kappa shape index (κ1) is 32.2. The van der Waals surface area contributed by atoms with Gasteiger partial charge in [0, 0.05) is 43.0 Å². The standard InChI is InChI=1S/C33H45F3N6O2/c1-41-17-15-26(16-18-41)42(2)31(44)23-11-13-25(14-12-23)39-32-38-21-28(33(34,35)36)29(40-32)19-24-9-6-10-27(24)30(43)37-20-22-7-4-3-5-8-22/h11-14,21-22,24,26-27H,3-10,15-20H2,1-2H3,(H,37,43)(H,38,39,40)/t24-,27-/m0/s1. The minimum absolute atomic E-state index is 0.0462. The molecule has 2 atom stereocenters. The van der Waals surface area contributed by atoms with Crippen molar-refractivity contribution in [2.45, 2.75) is 82.8 Å². The van der Waals surface area contributed by atoms with Gasteiger partial charge in [-0.25, -0.2) is 9.97 Å². The van der Waals surface area contributed by atoms with Gasteiger partial charge >= 0.3 is 6.18 Å². The van der Waals surface area contributed by atoms with E-state index in [9.17, 15) is 22.8 Å². The highest BCUT2D eigenvalue weighted by Crippen LogP contribution is 2.38. The summed E-state index contributed by atoms with van der Waals surface area (Å²) in [4.78, 5) is 38.5.